The number of hydrogen-bond donors (Lipinski definition) is 2. The number of rotatable bonds is 6. The third-order valence-corrected chi connectivity index (χ3v) is 5.74. The molecular weight excluding hydrogens is 480 g/mol. The maximum atomic E-state index is 13.7. The second kappa shape index (κ2) is 9.88. The number of fused-ring (bicyclic) bond motifs is 1. The van der Waals surface area contributed by atoms with Crippen molar-refractivity contribution in [3.05, 3.63) is 71.7 Å². The van der Waals surface area contributed by atoms with E-state index in [9.17, 15) is 22.4 Å². The quantitative estimate of drug-likeness (QED) is 0.499. The van der Waals surface area contributed by atoms with E-state index in [1.54, 1.807) is 36.1 Å². The van der Waals surface area contributed by atoms with Gasteiger partial charge in [0.2, 0.25) is 5.91 Å². The Morgan fingerprint density at radius 2 is 2.00 bits per heavy atom. The Morgan fingerprint density at radius 3 is 2.67 bits per heavy atom. The van der Waals surface area contributed by atoms with Gasteiger partial charge in [-0.3, -0.25) is 4.79 Å². The number of nitrogens with two attached hydrogens (primary N) is 1. The number of halogens is 4. The van der Waals surface area contributed by atoms with Crippen molar-refractivity contribution in [2.24, 2.45) is 5.73 Å². The van der Waals surface area contributed by atoms with E-state index in [2.05, 4.69) is 15.4 Å². The normalized spacial score (nSPS) is 16.5. The van der Waals surface area contributed by atoms with Crippen LogP contribution in [0.15, 0.2) is 48.9 Å². The van der Waals surface area contributed by atoms with Gasteiger partial charge in [0.15, 0.2) is 0 Å². The lowest BCUT2D eigenvalue weighted by Crippen LogP contribution is -2.47. The zero-order valence-corrected chi connectivity index (χ0v) is 19.5. The Bertz CT molecular complexity index is 1300. The van der Waals surface area contributed by atoms with E-state index in [1.165, 1.54) is 19.4 Å². The van der Waals surface area contributed by atoms with E-state index in [0.29, 0.717) is 33.3 Å². The van der Waals surface area contributed by atoms with Gasteiger partial charge in [0.1, 0.15) is 42.0 Å². The summed E-state index contributed by atoms with van der Waals surface area (Å²) in [5.74, 6) is -0.311. The Kier molecular flexibility index (Phi) is 6.86. The van der Waals surface area contributed by atoms with Gasteiger partial charge in [0.25, 0.3) is 0 Å². The molecule has 8 nitrogen and oxygen atoms in total. The molecule has 0 unspecified atom stereocenters. The van der Waals surface area contributed by atoms with Gasteiger partial charge in [-0.05, 0) is 55.7 Å². The molecule has 12 heteroatoms. The number of ether oxygens (including phenoxy) is 1. The van der Waals surface area contributed by atoms with Gasteiger partial charge in [0, 0.05) is 17.5 Å². The predicted molar refractivity (Wildman–Crippen MR) is 125 cm³/mol. The molecule has 0 bridgehead atoms. The molecule has 4 rings (SSSR count). The smallest absolute Gasteiger partial charge is 0.406 e. The number of carbonyl (C=O) groups is 1. The molecule has 1 amide bonds. The highest BCUT2D eigenvalue weighted by Gasteiger charge is 2.38. The average molecular weight is 504 g/mol. The number of aromatic nitrogens is 3. The van der Waals surface area contributed by atoms with Gasteiger partial charge in [-0.25, -0.2) is 14.1 Å². The van der Waals surface area contributed by atoms with Gasteiger partial charge < -0.3 is 20.7 Å². The van der Waals surface area contributed by atoms with Gasteiger partial charge >= 0.3 is 6.18 Å². The molecule has 3 aromatic rings. The molecule has 1 aromatic heterocycles. The van der Waals surface area contributed by atoms with Crippen LogP contribution < -0.4 is 20.7 Å². The summed E-state index contributed by atoms with van der Waals surface area (Å²) in [7, 11) is 1.49. The van der Waals surface area contributed by atoms with Crippen molar-refractivity contribution in [2.45, 2.75) is 32.0 Å². The number of nitrogens with one attached hydrogen (secondary N) is 1. The van der Waals surface area contributed by atoms with Crippen molar-refractivity contribution in [3.63, 3.8) is 0 Å². The van der Waals surface area contributed by atoms with Crippen LogP contribution in [0.3, 0.4) is 0 Å². The van der Waals surface area contributed by atoms with Crippen molar-refractivity contribution in [2.75, 3.05) is 18.6 Å². The number of alkyl halides is 3. The van der Waals surface area contributed by atoms with E-state index in [1.807, 2.05) is 0 Å². The van der Waals surface area contributed by atoms with E-state index < -0.39 is 30.5 Å². The third-order valence-electron chi connectivity index (χ3n) is 5.74. The fourth-order valence-electron chi connectivity index (χ4n) is 4.03. The predicted octanol–water partition coefficient (Wildman–Crippen LogP) is 3.48. The van der Waals surface area contributed by atoms with Crippen LogP contribution >= 0.6 is 0 Å². The standard InChI is InChI=1S/C24H24F4N6O2/c1-14-31-13-34(32-14)21-7-4-15(10-22(21)36-2)18(29)11-30-19-6-3-16-9-17(25)5-8-20(16)33(23(19)35)12-24(26,27)28/h4-5,7-11,13,19,30H,3,6,12,29H2,1-2H3/b18-11-/t19-/m0/s1. The molecule has 0 saturated carbocycles. The summed E-state index contributed by atoms with van der Waals surface area (Å²) in [6.45, 7) is 0.269. The van der Waals surface area contributed by atoms with E-state index in [0.717, 1.165) is 12.1 Å². The zero-order valence-electron chi connectivity index (χ0n) is 19.5. The largest absolute Gasteiger partial charge is 0.494 e. The molecule has 0 fully saturated rings. The van der Waals surface area contributed by atoms with Gasteiger partial charge in [-0.1, -0.05) is 6.07 Å². The Hall–Kier alpha value is -4.09. The monoisotopic (exact) mass is 504 g/mol. The molecule has 0 spiro atoms. The topological polar surface area (TPSA) is 98.3 Å². The van der Waals surface area contributed by atoms with Crippen LogP contribution in [0.25, 0.3) is 11.4 Å². The lowest BCUT2D eigenvalue weighted by atomic mass is 10.1. The molecule has 190 valence electrons. The van der Waals surface area contributed by atoms with Gasteiger partial charge in [-0.2, -0.15) is 18.3 Å². The number of methoxy groups -OCH3 is 1. The summed E-state index contributed by atoms with van der Waals surface area (Å²) in [4.78, 5) is 17.8. The lowest BCUT2D eigenvalue weighted by Gasteiger charge is -2.27. The van der Waals surface area contributed by atoms with Crippen LogP contribution in [0.4, 0.5) is 23.2 Å². The minimum absolute atomic E-state index is 0.0450. The van der Waals surface area contributed by atoms with Crippen LogP contribution in [-0.2, 0) is 11.2 Å². The van der Waals surface area contributed by atoms with E-state index >= 15 is 0 Å². The van der Waals surface area contributed by atoms with E-state index in [4.69, 9.17) is 10.5 Å². The molecule has 3 N–H and O–H groups in total. The number of amides is 1. The highest BCUT2D eigenvalue weighted by molar-refractivity contribution is 5.99. The summed E-state index contributed by atoms with van der Waals surface area (Å²) in [6.07, 6.45) is -1.35. The zero-order chi connectivity index (χ0) is 26.0. The minimum Gasteiger partial charge on any atom is -0.494 e. The molecule has 0 aliphatic carbocycles. The number of hydrogen-bond acceptors (Lipinski definition) is 6. The molecule has 2 heterocycles. The van der Waals surface area contributed by atoms with E-state index in [-0.39, 0.29) is 24.2 Å². The first kappa shape index (κ1) is 25.0. The van der Waals surface area contributed by atoms with Crippen LogP contribution in [0.2, 0.25) is 0 Å². The Balaban J connectivity index is 1.58. The summed E-state index contributed by atoms with van der Waals surface area (Å²) < 4.78 is 60.5. The SMILES string of the molecule is COc1cc(/C(N)=C/N[C@H]2CCc3cc(F)ccc3N(CC(F)(F)F)C2=O)ccc1-n1cnc(C)n1. The molecule has 36 heavy (non-hydrogen) atoms. The molecule has 2 aromatic carbocycles. The summed E-state index contributed by atoms with van der Waals surface area (Å²) in [5, 5.41) is 7.11. The molecule has 1 aliphatic heterocycles. The van der Waals surface area contributed by atoms with Crippen molar-refractivity contribution >= 4 is 17.3 Å². The van der Waals surface area contributed by atoms with Crippen LogP contribution in [-0.4, -0.2) is 46.5 Å². The fraction of sp³-hybridized carbons (Fsp3) is 0.292. The highest BCUT2D eigenvalue weighted by Crippen LogP contribution is 2.31. The highest BCUT2D eigenvalue weighted by atomic mass is 19.4. The molecule has 1 aliphatic rings. The second-order valence-electron chi connectivity index (χ2n) is 8.29. The summed E-state index contributed by atoms with van der Waals surface area (Å²) >= 11 is 0. The second-order valence-corrected chi connectivity index (χ2v) is 8.29. The van der Waals surface area contributed by atoms with Crippen molar-refractivity contribution in [1.82, 2.24) is 20.1 Å². The summed E-state index contributed by atoms with van der Waals surface area (Å²) in [6, 6.07) is 7.51. The van der Waals surface area contributed by atoms with Crippen LogP contribution in [0, 0.1) is 12.7 Å². The number of nitrogens with zero attached hydrogens (tertiary/aromatic N) is 4. The van der Waals surface area contributed by atoms with Crippen molar-refractivity contribution < 1.29 is 27.1 Å². The molecule has 1 atom stereocenters. The molecule has 0 radical (unpaired) electrons. The first-order valence-corrected chi connectivity index (χ1v) is 11.0. The summed E-state index contributed by atoms with van der Waals surface area (Å²) in [5.41, 5.74) is 8.01. The molecule has 0 saturated heterocycles. The van der Waals surface area contributed by atoms with Gasteiger partial charge in [0.05, 0.1) is 12.8 Å². The van der Waals surface area contributed by atoms with Crippen LogP contribution in [0.5, 0.6) is 5.75 Å². The van der Waals surface area contributed by atoms with Crippen molar-refractivity contribution in [1.29, 1.82) is 0 Å². The number of aryl methyl sites for hydroxylation is 2. The Morgan fingerprint density at radius 1 is 1.25 bits per heavy atom. The van der Waals surface area contributed by atoms with Crippen LogP contribution in [0.1, 0.15) is 23.4 Å². The minimum atomic E-state index is -4.63. The number of benzene rings is 2. The Labute approximate surface area is 204 Å². The first-order chi connectivity index (χ1) is 17.1. The molecular formula is C24H24F4N6O2. The fourth-order valence-corrected chi connectivity index (χ4v) is 4.03. The maximum absolute atomic E-state index is 13.7. The number of carbonyl (C=O) groups excluding carboxylic acids is 1. The van der Waals surface area contributed by atoms with Gasteiger partial charge in [-0.15, -0.1) is 0 Å². The maximum Gasteiger partial charge on any atom is 0.406 e. The average Bonchev–Trinajstić information content (AvgIpc) is 3.22. The first-order valence-electron chi connectivity index (χ1n) is 11.0. The lowest BCUT2D eigenvalue weighted by molar-refractivity contribution is -0.133. The third kappa shape index (κ3) is 5.42. The van der Waals surface area contributed by atoms with Crippen molar-refractivity contribution in [3.8, 4) is 11.4 Å². The number of anilines is 1.